The Morgan fingerprint density at radius 1 is 1.11 bits per heavy atom. The van der Waals surface area contributed by atoms with Crippen LogP contribution < -0.4 is 20.5 Å². The number of aromatic nitrogens is 4. The van der Waals surface area contributed by atoms with E-state index in [1.807, 2.05) is 42.5 Å². The van der Waals surface area contributed by atoms with E-state index in [0.717, 1.165) is 42.4 Å². The van der Waals surface area contributed by atoms with Crippen molar-refractivity contribution in [3.05, 3.63) is 61.4 Å². The molecule has 1 saturated carbocycles. The number of nitrogens with one attached hydrogen (secondary N) is 1. The predicted molar refractivity (Wildman–Crippen MR) is 144 cm³/mol. The molecule has 190 valence electrons. The first-order chi connectivity index (χ1) is 17.9. The SMILES string of the molecule is C=CC(=O)Nc1ccc(-c2nn3ncnc(N)c3c2-c2ccc(OC3(C)CCCCC3)c(OC)c2)cc1. The number of benzene rings is 2. The van der Waals surface area contributed by atoms with Crippen molar-refractivity contribution < 1.29 is 14.3 Å². The van der Waals surface area contributed by atoms with E-state index in [1.54, 1.807) is 7.11 Å². The lowest BCUT2D eigenvalue weighted by Gasteiger charge is -2.34. The Kier molecular flexibility index (Phi) is 6.52. The Hall–Kier alpha value is -4.40. The van der Waals surface area contributed by atoms with Crippen molar-refractivity contribution in [1.82, 2.24) is 19.8 Å². The molecule has 9 nitrogen and oxygen atoms in total. The third-order valence-electron chi connectivity index (χ3n) is 6.80. The summed E-state index contributed by atoms with van der Waals surface area (Å²) in [5, 5.41) is 11.8. The van der Waals surface area contributed by atoms with E-state index in [4.69, 9.17) is 20.3 Å². The highest BCUT2D eigenvalue weighted by atomic mass is 16.5. The monoisotopic (exact) mass is 498 g/mol. The van der Waals surface area contributed by atoms with Gasteiger partial charge >= 0.3 is 0 Å². The summed E-state index contributed by atoms with van der Waals surface area (Å²) in [6.07, 6.45) is 8.22. The third-order valence-corrected chi connectivity index (χ3v) is 6.80. The van der Waals surface area contributed by atoms with Crippen molar-refractivity contribution in [2.45, 2.75) is 44.6 Å². The summed E-state index contributed by atoms with van der Waals surface area (Å²) in [6.45, 7) is 5.66. The molecule has 2 heterocycles. The second kappa shape index (κ2) is 9.93. The van der Waals surface area contributed by atoms with Gasteiger partial charge in [-0.3, -0.25) is 4.79 Å². The highest BCUT2D eigenvalue weighted by molar-refractivity contribution is 5.99. The maximum absolute atomic E-state index is 11.7. The summed E-state index contributed by atoms with van der Waals surface area (Å²) in [5.74, 6) is 1.38. The van der Waals surface area contributed by atoms with Gasteiger partial charge in [0.15, 0.2) is 17.3 Å². The quantitative estimate of drug-likeness (QED) is 0.333. The summed E-state index contributed by atoms with van der Waals surface area (Å²) in [5.41, 5.74) is 10.4. The first-order valence-electron chi connectivity index (χ1n) is 12.3. The van der Waals surface area contributed by atoms with Crippen LogP contribution in [0.2, 0.25) is 0 Å². The van der Waals surface area contributed by atoms with Crippen molar-refractivity contribution in [2.24, 2.45) is 0 Å². The second-order valence-corrected chi connectivity index (χ2v) is 9.46. The first-order valence-corrected chi connectivity index (χ1v) is 12.3. The van der Waals surface area contributed by atoms with Crippen molar-refractivity contribution in [2.75, 3.05) is 18.2 Å². The van der Waals surface area contributed by atoms with Crippen LogP contribution in [-0.4, -0.2) is 38.4 Å². The highest BCUT2D eigenvalue weighted by Gasteiger charge is 2.30. The fourth-order valence-electron chi connectivity index (χ4n) is 4.87. The minimum absolute atomic E-state index is 0.205. The topological polar surface area (TPSA) is 117 Å². The molecule has 0 bridgehead atoms. The molecule has 0 spiro atoms. The average Bonchev–Trinajstić information content (AvgIpc) is 3.30. The van der Waals surface area contributed by atoms with E-state index >= 15 is 0 Å². The molecule has 9 heteroatoms. The van der Waals surface area contributed by atoms with E-state index in [1.165, 1.54) is 23.5 Å². The lowest BCUT2D eigenvalue weighted by Crippen LogP contribution is -2.34. The zero-order valence-corrected chi connectivity index (χ0v) is 21.0. The lowest BCUT2D eigenvalue weighted by molar-refractivity contribution is -0.111. The van der Waals surface area contributed by atoms with Gasteiger partial charge in [0.25, 0.3) is 0 Å². The van der Waals surface area contributed by atoms with E-state index < -0.39 is 0 Å². The molecule has 1 amide bonds. The average molecular weight is 499 g/mol. The molecule has 0 aliphatic heterocycles. The fourth-order valence-corrected chi connectivity index (χ4v) is 4.87. The Bertz CT molecular complexity index is 1460. The van der Waals surface area contributed by atoms with Crippen LogP contribution in [0.4, 0.5) is 11.5 Å². The molecule has 5 rings (SSSR count). The van der Waals surface area contributed by atoms with Gasteiger partial charge in [0.1, 0.15) is 23.1 Å². The molecule has 0 radical (unpaired) electrons. The number of methoxy groups -OCH3 is 1. The normalized spacial score (nSPS) is 14.8. The van der Waals surface area contributed by atoms with Crippen LogP contribution in [0.5, 0.6) is 11.5 Å². The van der Waals surface area contributed by atoms with E-state index in [-0.39, 0.29) is 11.5 Å². The number of rotatable bonds is 7. The van der Waals surface area contributed by atoms with E-state index in [9.17, 15) is 4.79 Å². The van der Waals surface area contributed by atoms with Gasteiger partial charge in [-0.15, -0.1) is 14.8 Å². The largest absolute Gasteiger partial charge is 0.493 e. The van der Waals surface area contributed by atoms with Crippen LogP contribution in [0.1, 0.15) is 39.0 Å². The molecular formula is C28H30N6O3. The maximum atomic E-state index is 11.7. The molecule has 2 aromatic heterocycles. The molecule has 3 N–H and O–H groups in total. The number of hydrogen-bond acceptors (Lipinski definition) is 7. The van der Waals surface area contributed by atoms with Gasteiger partial charge in [-0.1, -0.05) is 31.2 Å². The van der Waals surface area contributed by atoms with Crippen LogP contribution in [-0.2, 0) is 4.79 Å². The first kappa shape index (κ1) is 24.3. The number of nitrogens with zero attached hydrogens (tertiary/aromatic N) is 4. The smallest absolute Gasteiger partial charge is 0.247 e. The summed E-state index contributed by atoms with van der Waals surface area (Å²) < 4.78 is 13.7. The second-order valence-electron chi connectivity index (χ2n) is 9.46. The van der Waals surface area contributed by atoms with Crippen LogP contribution in [0.25, 0.3) is 27.9 Å². The number of nitrogen functional groups attached to an aromatic ring is 1. The van der Waals surface area contributed by atoms with Crippen LogP contribution >= 0.6 is 0 Å². The minimum Gasteiger partial charge on any atom is -0.493 e. The number of carbonyl (C=O) groups excluding carboxylic acids is 1. The van der Waals surface area contributed by atoms with E-state index in [2.05, 4.69) is 28.9 Å². The summed E-state index contributed by atoms with van der Waals surface area (Å²) in [6, 6.07) is 13.2. The molecule has 0 saturated heterocycles. The van der Waals surface area contributed by atoms with Crippen molar-refractivity contribution in [1.29, 1.82) is 0 Å². The molecule has 1 aliphatic carbocycles. The van der Waals surface area contributed by atoms with Gasteiger partial charge in [0.2, 0.25) is 5.91 Å². The predicted octanol–water partition coefficient (Wildman–Crippen LogP) is 5.28. The van der Waals surface area contributed by atoms with Crippen LogP contribution in [0.3, 0.4) is 0 Å². The standard InChI is InChI=1S/C28H30N6O3/c1-4-23(35)32-20-11-8-18(9-12-20)25-24(26-27(29)30-17-31-34(26)33-25)19-10-13-21(22(16-19)36-3)37-28(2)14-6-5-7-15-28/h4,8-13,16-17H,1,5-7,14-15H2,2-3H3,(H,32,35)(H2,29,30,31). The number of carbonyl (C=O) groups is 1. The molecule has 0 unspecified atom stereocenters. The van der Waals surface area contributed by atoms with Gasteiger partial charge in [-0.2, -0.15) is 0 Å². The van der Waals surface area contributed by atoms with Crippen molar-refractivity contribution in [3.8, 4) is 33.9 Å². The van der Waals surface area contributed by atoms with Gasteiger partial charge < -0.3 is 20.5 Å². The van der Waals surface area contributed by atoms with E-state index in [0.29, 0.717) is 34.2 Å². The number of fused-ring (bicyclic) bond motifs is 1. The number of nitrogens with two attached hydrogens (primary N) is 1. The summed E-state index contributed by atoms with van der Waals surface area (Å²) in [4.78, 5) is 15.9. The van der Waals surface area contributed by atoms with Gasteiger partial charge in [0, 0.05) is 16.8 Å². The molecular weight excluding hydrogens is 468 g/mol. The van der Waals surface area contributed by atoms with Crippen molar-refractivity contribution in [3.63, 3.8) is 0 Å². The molecule has 2 aromatic carbocycles. The van der Waals surface area contributed by atoms with Crippen molar-refractivity contribution >= 4 is 22.9 Å². The molecule has 1 fully saturated rings. The number of anilines is 2. The molecule has 4 aromatic rings. The van der Waals surface area contributed by atoms with Gasteiger partial charge in [-0.05, 0) is 68.5 Å². The molecule has 0 atom stereocenters. The highest BCUT2D eigenvalue weighted by Crippen LogP contribution is 2.42. The number of ether oxygens (including phenoxy) is 2. The zero-order chi connectivity index (χ0) is 26.0. The Balaban J connectivity index is 1.59. The minimum atomic E-state index is -0.277. The van der Waals surface area contributed by atoms with Gasteiger partial charge in [0.05, 0.1) is 7.11 Å². The number of hydrogen-bond donors (Lipinski definition) is 2. The van der Waals surface area contributed by atoms with Gasteiger partial charge in [-0.25, -0.2) is 4.98 Å². The van der Waals surface area contributed by atoms with Crippen LogP contribution in [0.15, 0.2) is 61.4 Å². The Morgan fingerprint density at radius 3 is 2.54 bits per heavy atom. The maximum Gasteiger partial charge on any atom is 0.247 e. The Morgan fingerprint density at radius 2 is 1.84 bits per heavy atom. The molecule has 1 aliphatic rings. The summed E-state index contributed by atoms with van der Waals surface area (Å²) >= 11 is 0. The molecule has 37 heavy (non-hydrogen) atoms. The zero-order valence-electron chi connectivity index (χ0n) is 21.0. The van der Waals surface area contributed by atoms with Crippen LogP contribution in [0, 0.1) is 0 Å². The third kappa shape index (κ3) is 4.84. The Labute approximate surface area is 215 Å². The number of amides is 1. The lowest BCUT2D eigenvalue weighted by atomic mass is 9.86. The summed E-state index contributed by atoms with van der Waals surface area (Å²) in [7, 11) is 1.64. The fraction of sp³-hybridized carbons (Fsp3) is 0.286.